The van der Waals surface area contributed by atoms with Crippen LogP contribution in [0.25, 0.3) is 94.4 Å². The molecule has 9 aromatic carbocycles. The van der Waals surface area contributed by atoms with Crippen LogP contribution in [0.4, 0.5) is 0 Å². The van der Waals surface area contributed by atoms with Crippen molar-refractivity contribution in [1.29, 1.82) is 0 Å². The molecule has 1 unspecified atom stereocenters. The van der Waals surface area contributed by atoms with E-state index < -0.39 is 0 Å². The fourth-order valence-electron chi connectivity index (χ4n) is 11.8. The molecule has 5 heteroatoms. The fourth-order valence-corrected chi connectivity index (χ4v) is 11.8. The third-order valence-electron chi connectivity index (χ3n) is 15.3. The highest BCUT2D eigenvalue weighted by molar-refractivity contribution is 6.14. The molecule has 0 saturated heterocycles. The SMILES string of the molecule is CC1(C)c2ccccc2-c2cc3c4ccc(-c5ccc6oc7cc8c(cc7c6c5)c5c(n8-c6ccccc6)C=CCC5)cc4n(-c4cccc(C(N=C(N)c5ccccc5)c5ccccc5)c4)c3cc21. The number of para-hydroxylation sites is 1. The molecule has 0 amide bonds. The lowest BCUT2D eigenvalue weighted by atomic mass is 9.82. The number of nitrogens with zero attached hydrogens (tertiary/aromatic N) is 3. The van der Waals surface area contributed by atoms with E-state index in [0.29, 0.717) is 5.84 Å². The average Bonchev–Trinajstić information content (AvgIpc) is 4.11. The average molecular weight is 901 g/mol. The number of nitrogens with two attached hydrogens (primary N) is 1. The van der Waals surface area contributed by atoms with Gasteiger partial charge in [0.1, 0.15) is 23.0 Å². The van der Waals surface area contributed by atoms with E-state index in [1.54, 1.807) is 0 Å². The Balaban J connectivity index is 0.965. The first kappa shape index (κ1) is 40.4. The first-order valence-electron chi connectivity index (χ1n) is 24.4. The van der Waals surface area contributed by atoms with Crippen LogP contribution in [0, 0.1) is 0 Å². The van der Waals surface area contributed by atoms with Crippen LogP contribution in [0.15, 0.2) is 216 Å². The number of allylic oxidation sites excluding steroid dienone is 1. The van der Waals surface area contributed by atoms with Crippen LogP contribution in [0.3, 0.4) is 0 Å². The van der Waals surface area contributed by atoms with Crippen molar-refractivity contribution in [3.8, 4) is 33.6 Å². The van der Waals surface area contributed by atoms with E-state index in [-0.39, 0.29) is 11.5 Å². The molecular weight excluding hydrogens is 853 g/mol. The van der Waals surface area contributed by atoms with Gasteiger partial charge in [-0.05, 0) is 130 Å². The van der Waals surface area contributed by atoms with Crippen molar-refractivity contribution in [2.24, 2.45) is 10.7 Å². The van der Waals surface area contributed by atoms with E-state index in [1.165, 1.54) is 60.7 Å². The largest absolute Gasteiger partial charge is 0.456 e. The topological polar surface area (TPSA) is 61.4 Å². The van der Waals surface area contributed by atoms with Gasteiger partial charge in [-0.3, -0.25) is 4.99 Å². The van der Waals surface area contributed by atoms with Crippen molar-refractivity contribution in [1.82, 2.24) is 9.13 Å². The summed E-state index contributed by atoms with van der Waals surface area (Å²) in [6.45, 7) is 4.72. The monoisotopic (exact) mass is 900 g/mol. The summed E-state index contributed by atoms with van der Waals surface area (Å²) in [5.74, 6) is 0.507. The molecule has 0 bridgehead atoms. The van der Waals surface area contributed by atoms with Gasteiger partial charge in [-0.2, -0.15) is 0 Å². The zero-order valence-electron chi connectivity index (χ0n) is 39.0. The summed E-state index contributed by atoms with van der Waals surface area (Å²) in [5, 5.41) is 5.98. The zero-order chi connectivity index (χ0) is 46.7. The molecule has 2 aliphatic rings. The standard InChI is InChI=1S/C65H48N4O/c1-65(2)55-27-14-12-25-47(55)50-36-51-49-31-29-43(42-30-32-61-53(34-42)54-37-52-48-26-13-15-28-57(48)68(45-22-10-5-11-23-45)60(52)39-62(54)70-61)35-58(49)69(59(51)38-56(50)65)46-24-16-21-44(33-46)63(40-17-6-3-7-18-40)67-64(66)41-19-8-4-9-20-41/h3-12,14-25,27-39,63H,13,26H2,1-2H3,(H2,66,67). The second-order valence-corrected chi connectivity index (χ2v) is 19.6. The third kappa shape index (κ3) is 6.14. The van der Waals surface area contributed by atoms with Gasteiger partial charge < -0.3 is 19.3 Å². The van der Waals surface area contributed by atoms with Crippen molar-refractivity contribution in [3.63, 3.8) is 0 Å². The number of aromatic nitrogens is 2. The lowest BCUT2D eigenvalue weighted by molar-refractivity contribution is 0.661. The molecule has 70 heavy (non-hydrogen) atoms. The molecule has 334 valence electrons. The van der Waals surface area contributed by atoms with Crippen LogP contribution >= 0.6 is 0 Å². The van der Waals surface area contributed by atoms with Crippen LogP contribution in [0.1, 0.15) is 65.4 Å². The van der Waals surface area contributed by atoms with Gasteiger partial charge in [-0.25, -0.2) is 0 Å². The van der Waals surface area contributed by atoms with Gasteiger partial charge in [0.15, 0.2) is 0 Å². The van der Waals surface area contributed by atoms with Gasteiger partial charge in [-0.15, -0.1) is 0 Å². The normalized spacial score (nSPS) is 14.5. The first-order chi connectivity index (χ1) is 34.4. The highest BCUT2D eigenvalue weighted by Crippen LogP contribution is 2.51. The Bertz CT molecular complexity index is 4150. The number of benzene rings is 9. The highest BCUT2D eigenvalue weighted by Gasteiger charge is 2.36. The number of hydrogen-bond donors (Lipinski definition) is 1. The Morgan fingerprint density at radius 1 is 0.529 bits per heavy atom. The van der Waals surface area contributed by atoms with Crippen LogP contribution in [-0.4, -0.2) is 15.0 Å². The van der Waals surface area contributed by atoms with E-state index in [2.05, 4.69) is 205 Å². The molecule has 5 nitrogen and oxygen atoms in total. The lowest BCUT2D eigenvalue weighted by Gasteiger charge is -2.22. The summed E-state index contributed by atoms with van der Waals surface area (Å²) in [5.41, 5.74) is 27.5. The fraction of sp³-hybridized carbons (Fsp3) is 0.0923. The molecule has 0 fully saturated rings. The quantitative estimate of drug-likeness (QED) is 0.128. The van der Waals surface area contributed by atoms with Gasteiger partial charge in [0.25, 0.3) is 0 Å². The minimum Gasteiger partial charge on any atom is -0.456 e. The van der Waals surface area contributed by atoms with E-state index >= 15 is 0 Å². The van der Waals surface area contributed by atoms with Crippen molar-refractivity contribution in [3.05, 3.63) is 245 Å². The molecule has 2 N–H and O–H groups in total. The van der Waals surface area contributed by atoms with Crippen LogP contribution in [-0.2, 0) is 11.8 Å². The summed E-state index contributed by atoms with van der Waals surface area (Å²) in [6.07, 6.45) is 6.64. The Morgan fingerprint density at radius 3 is 2.06 bits per heavy atom. The summed E-state index contributed by atoms with van der Waals surface area (Å²) in [7, 11) is 0. The number of amidine groups is 1. The molecule has 1 atom stereocenters. The molecule has 2 aliphatic carbocycles. The van der Waals surface area contributed by atoms with Gasteiger partial charge in [0.05, 0.1) is 16.6 Å². The second-order valence-electron chi connectivity index (χ2n) is 19.6. The van der Waals surface area contributed by atoms with E-state index in [1.807, 2.05) is 30.3 Å². The van der Waals surface area contributed by atoms with Crippen molar-refractivity contribution in [2.45, 2.75) is 38.1 Å². The maximum Gasteiger partial charge on any atom is 0.137 e. The second kappa shape index (κ2) is 15.4. The molecule has 0 spiro atoms. The van der Waals surface area contributed by atoms with Gasteiger partial charge in [0, 0.05) is 61.0 Å². The van der Waals surface area contributed by atoms with Crippen LogP contribution in [0.2, 0.25) is 0 Å². The Morgan fingerprint density at radius 2 is 1.21 bits per heavy atom. The summed E-state index contributed by atoms with van der Waals surface area (Å²) < 4.78 is 11.6. The Hall–Kier alpha value is -8.67. The number of furan rings is 1. The van der Waals surface area contributed by atoms with Gasteiger partial charge in [-0.1, -0.05) is 153 Å². The number of hydrogen-bond acceptors (Lipinski definition) is 2. The Kier molecular flexibility index (Phi) is 8.90. The first-order valence-corrected chi connectivity index (χ1v) is 24.4. The molecule has 12 aromatic rings. The zero-order valence-corrected chi connectivity index (χ0v) is 39.0. The highest BCUT2D eigenvalue weighted by atomic mass is 16.3. The van der Waals surface area contributed by atoms with Crippen molar-refractivity contribution in [2.75, 3.05) is 0 Å². The number of fused-ring (bicyclic) bond motifs is 12. The summed E-state index contributed by atoms with van der Waals surface area (Å²) in [6, 6.07) is 72.0. The van der Waals surface area contributed by atoms with E-state index in [9.17, 15) is 0 Å². The minimum atomic E-state index is -0.320. The van der Waals surface area contributed by atoms with Crippen LogP contribution < -0.4 is 5.73 Å². The predicted molar refractivity (Wildman–Crippen MR) is 291 cm³/mol. The molecule has 14 rings (SSSR count). The molecular formula is C65H48N4O. The molecule has 0 saturated carbocycles. The Labute approximate surface area is 406 Å². The molecule has 0 aliphatic heterocycles. The third-order valence-corrected chi connectivity index (χ3v) is 15.3. The summed E-state index contributed by atoms with van der Waals surface area (Å²) in [4.78, 5) is 5.25. The van der Waals surface area contributed by atoms with Gasteiger partial charge in [0.2, 0.25) is 0 Å². The molecule has 3 heterocycles. The van der Waals surface area contributed by atoms with Gasteiger partial charge >= 0.3 is 0 Å². The summed E-state index contributed by atoms with van der Waals surface area (Å²) >= 11 is 0. The molecule has 0 radical (unpaired) electrons. The molecule has 3 aromatic heterocycles. The van der Waals surface area contributed by atoms with Crippen LogP contribution in [0.5, 0.6) is 0 Å². The van der Waals surface area contributed by atoms with E-state index in [4.69, 9.17) is 15.1 Å². The number of rotatable bonds is 7. The maximum absolute atomic E-state index is 6.81. The number of aryl methyl sites for hydroxylation is 1. The smallest absolute Gasteiger partial charge is 0.137 e. The predicted octanol–water partition coefficient (Wildman–Crippen LogP) is 16.1. The van der Waals surface area contributed by atoms with Crippen molar-refractivity contribution < 1.29 is 4.42 Å². The van der Waals surface area contributed by atoms with Crippen molar-refractivity contribution >= 4 is 66.6 Å². The maximum atomic E-state index is 6.81. The lowest BCUT2D eigenvalue weighted by Crippen LogP contribution is -2.16. The minimum absolute atomic E-state index is 0.162. The number of aliphatic imine (C=N–C) groups is 1. The van der Waals surface area contributed by atoms with E-state index in [0.717, 1.165) is 79.5 Å².